The number of nitrogens with zero attached hydrogens (tertiary/aromatic N) is 2. The van der Waals surface area contributed by atoms with Gasteiger partial charge < -0.3 is 19.9 Å². The Balaban J connectivity index is 1.95. The van der Waals surface area contributed by atoms with Gasteiger partial charge in [-0.05, 0) is 26.7 Å². The van der Waals surface area contributed by atoms with E-state index in [1.807, 2.05) is 27.7 Å². The summed E-state index contributed by atoms with van der Waals surface area (Å²) in [6.07, 6.45) is 1.89. The number of nitrogens with one attached hydrogen (secondary N) is 1. The van der Waals surface area contributed by atoms with E-state index < -0.39 is 30.3 Å². The normalized spacial score (nSPS) is 37.5. The van der Waals surface area contributed by atoms with E-state index in [-0.39, 0.29) is 35.1 Å². The molecule has 0 saturated carbocycles. The molecular weight excluding hydrogens is 426 g/mol. The van der Waals surface area contributed by atoms with Crippen molar-refractivity contribution in [1.82, 2.24) is 15.1 Å². The smallest absolute Gasteiger partial charge is 0.242 e. The Hall–Kier alpha value is -1.38. The minimum Gasteiger partial charge on any atom is -0.381 e. The van der Waals surface area contributed by atoms with Crippen molar-refractivity contribution in [2.24, 2.45) is 17.3 Å². The molecule has 0 spiro atoms. The number of rotatable bonds is 9. The molecule has 3 heterocycles. The van der Waals surface area contributed by atoms with E-state index in [0.29, 0.717) is 30.0 Å². The maximum absolute atomic E-state index is 13.7. The molecule has 2 saturated heterocycles. The molecule has 0 aromatic rings. The van der Waals surface area contributed by atoms with Crippen LogP contribution in [0.25, 0.3) is 0 Å². The lowest BCUT2D eigenvalue weighted by molar-refractivity contribution is -0.163. The fraction of sp³-hybridized carbons (Fsp3) is 0.792. The summed E-state index contributed by atoms with van der Waals surface area (Å²) < 4.78 is 45.1. The molecule has 0 aromatic heterocycles. The molecule has 0 aliphatic carbocycles. The van der Waals surface area contributed by atoms with Gasteiger partial charge in [0, 0.05) is 55.5 Å². The molecule has 1 N–H and O–H groups in total. The van der Waals surface area contributed by atoms with Crippen molar-refractivity contribution in [3.63, 3.8) is 0 Å². The van der Waals surface area contributed by atoms with Crippen LogP contribution in [-0.2, 0) is 19.1 Å². The standard InChI is InChI=1S/C24H39N3O4S/c1-9-14-19-18(16(10-2)31-8)21(29)27(19)15(13-28)20(14)32-17-12-25-24(6,23(17,4)5)22(30)26(7)11-3/h13-14,16-19,25H,9-12H2,1-8H3/t14-,16-,17-,18-,19-,24-/m1/s1/i7D3,11D2. The van der Waals surface area contributed by atoms with Crippen molar-refractivity contribution < 1.29 is 26.0 Å². The van der Waals surface area contributed by atoms with Gasteiger partial charge in [-0.15, -0.1) is 11.8 Å². The number of allylic oxidation sites excluding steroid dienone is 1. The molecule has 3 aliphatic rings. The molecular formula is C24H39N3O4S. The Morgan fingerprint density at radius 2 is 2.12 bits per heavy atom. The topological polar surface area (TPSA) is 79.0 Å². The zero-order chi connectivity index (χ0) is 28.3. The molecule has 7 nitrogen and oxygen atoms in total. The quantitative estimate of drug-likeness (QED) is 0.412. The van der Waals surface area contributed by atoms with Crippen LogP contribution in [0.15, 0.2) is 10.6 Å². The molecule has 3 rings (SSSR count). The van der Waals surface area contributed by atoms with E-state index in [9.17, 15) is 14.4 Å². The number of fused-ring (bicyclic) bond motifs is 1. The van der Waals surface area contributed by atoms with Gasteiger partial charge in [0.2, 0.25) is 11.8 Å². The van der Waals surface area contributed by atoms with Gasteiger partial charge in [-0.25, -0.2) is 0 Å². The Morgan fingerprint density at radius 1 is 1.44 bits per heavy atom. The molecule has 2 fully saturated rings. The number of carbonyl (C=O) groups excluding carboxylic acids is 3. The molecule has 3 aliphatic heterocycles. The Morgan fingerprint density at radius 3 is 2.62 bits per heavy atom. The van der Waals surface area contributed by atoms with Gasteiger partial charge in [0.25, 0.3) is 0 Å². The first-order chi connectivity index (χ1) is 16.9. The first-order valence-corrected chi connectivity index (χ1v) is 12.1. The first kappa shape index (κ1) is 19.0. The Kier molecular flexibility index (Phi) is 5.40. The van der Waals surface area contributed by atoms with Crippen LogP contribution in [0.2, 0.25) is 0 Å². The van der Waals surface area contributed by atoms with E-state index in [0.717, 1.165) is 18.1 Å². The fourth-order valence-corrected chi connectivity index (χ4v) is 7.21. The van der Waals surface area contributed by atoms with Gasteiger partial charge in [-0.1, -0.05) is 27.7 Å². The second kappa shape index (κ2) is 9.11. The molecule has 6 atom stereocenters. The Labute approximate surface area is 203 Å². The van der Waals surface area contributed by atoms with E-state index >= 15 is 0 Å². The number of hydrogen-bond acceptors (Lipinski definition) is 6. The summed E-state index contributed by atoms with van der Waals surface area (Å²) in [7, 11) is 1.59. The number of likely N-dealkylation sites (N-methyl/N-ethyl adjacent to an activating group) is 1. The average Bonchev–Trinajstić information content (AvgIpc) is 3.18. The minimum absolute atomic E-state index is 0.0564. The SMILES string of the molecule is [2H]C([2H])([2H])N(C(=O)[C@@]1(C)NC[C@@H](SC2=C(C=O)N3C(=O)[C@H]([C@@H](CC)OC)[C@H]3[C@H]2CC)C1(C)C)C([2H])([2H])C. The van der Waals surface area contributed by atoms with Crippen LogP contribution in [0.5, 0.6) is 0 Å². The van der Waals surface area contributed by atoms with E-state index in [2.05, 4.69) is 5.32 Å². The molecule has 180 valence electrons. The number of amides is 2. The van der Waals surface area contributed by atoms with Crippen LogP contribution in [0.1, 0.15) is 61.2 Å². The van der Waals surface area contributed by atoms with Gasteiger partial charge in [-0.2, -0.15) is 0 Å². The predicted molar refractivity (Wildman–Crippen MR) is 127 cm³/mol. The van der Waals surface area contributed by atoms with Gasteiger partial charge in [0.15, 0.2) is 6.29 Å². The van der Waals surface area contributed by atoms with Crippen LogP contribution in [-0.4, -0.2) is 78.0 Å². The van der Waals surface area contributed by atoms with Crippen molar-refractivity contribution >= 4 is 29.9 Å². The van der Waals surface area contributed by atoms with Gasteiger partial charge >= 0.3 is 0 Å². The zero-order valence-electron chi connectivity index (χ0n) is 25.0. The molecule has 0 bridgehead atoms. The van der Waals surface area contributed by atoms with Crippen LogP contribution < -0.4 is 5.32 Å². The third-order valence-electron chi connectivity index (χ3n) is 7.97. The number of β-lactam (4-membered cyclic amide) rings is 1. The van der Waals surface area contributed by atoms with Crippen LogP contribution >= 0.6 is 11.8 Å². The number of aldehydes is 1. The van der Waals surface area contributed by atoms with E-state index in [1.54, 1.807) is 18.9 Å². The maximum atomic E-state index is 13.7. The maximum Gasteiger partial charge on any atom is 0.242 e. The van der Waals surface area contributed by atoms with Crippen molar-refractivity contribution in [3.05, 3.63) is 10.6 Å². The highest BCUT2D eigenvalue weighted by Gasteiger charge is 2.62. The van der Waals surface area contributed by atoms with Crippen molar-refractivity contribution in [2.45, 2.75) is 77.3 Å². The van der Waals surface area contributed by atoms with Crippen molar-refractivity contribution in [1.29, 1.82) is 0 Å². The molecule has 0 aromatic carbocycles. The van der Waals surface area contributed by atoms with Crippen molar-refractivity contribution in [2.75, 3.05) is 27.1 Å². The number of carbonyl (C=O) groups is 3. The predicted octanol–water partition coefficient (Wildman–Crippen LogP) is 2.66. The molecule has 8 heteroatoms. The number of methoxy groups -OCH3 is 1. The highest BCUT2D eigenvalue weighted by atomic mass is 32.2. The van der Waals surface area contributed by atoms with Gasteiger partial charge in [-0.3, -0.25) is 14.4 Å². The lowest BCUT2D eigenvalue weighted by atomic mass is 9.73. The summed E-state index contributed by atoms with van der Waals surface area (Å²) in [6, 6.07) is -0.158. The largest absolute Gasteiger partial charge is 0.381 e. The highest BCUT2D eigenvalue weighted by molar-refractivity contribution is 8.03. The lowest BCUT2D eigenvalue weighted by Crippen LogP contribution is -2.64. The number of ether oxygens (including phenoxy) is 1. The highest BCUT2D eigenvalue weighted by Crippen LogP contribution is 2.56. The third-order valence-corrected chi connectivity index (χ3v) is 9.77. The molecule has 0 radical (unpaired) electrons. The summed E-state index contributed by atoms with van der Waals surface area (Å²) in [5.74, 6) is -1.34. The second-order valence-electron chi connectivity index (χ2n) is 9.49. The number of hydrogen-bond donors (Lipinski definition) is 1. The minimum atomic E-state index is -2.97. The summed E-state index contributed by atoms with van der Waals surface area (Å²) >= 11 is 1.46. The van der Waals surface area contributed by atoms with E-state index in [4.69, 9.17) is 11.6 Å². The zero-order valence-corrected chi connectivity index (χ0v) is 20.8. The number of thioether (sulfide) groups is 1. The third kappa shape index (κ3) is 3.44. The average molecular weight is 471 g/mol. The summed E-state index contributed by atoms with van der Waals surface area (Å²) in [4.78, 5) is 41.7. The monoisotopic (exact) mass is 470 g/mol. The summed E-state index contributed by atoms with van der Waals surface area (Å²) in [5, 5.41) is 2.94. The van der Waals surface area contributed by atoms with Crippen LogP contribution in [0.4, 0.5) is 0 Å². The fourth-order valence-electron chi connectivity index (χ4n) is 5.46. The molecule has 2 amide bonds. The summed E-state index contributed by atoms with van der Waals surface area (Å²) in [5.41, 5.74) is -1.86. The first-order valence-electron chi connectivity index (χ1n) is 13.8. The molecule has 0 unspecified atom stereocenters. The van der Waals surface area contributed by atoms with Gasteiger partial charge in [0.1, 0.15) is 5.54 Å². The molecule has 32 heavy (non-hydrogen) atoms. The van der Waals surface area contributed by atoms with Gasteiger partial charge in [0.05, 0.1) is 23.8 Å². The van der Waals surface area contributed by atoms with Crippen LogP contribution in [0, 0.1) is 17.3 Å². The summed E-state index contributed by atoms with van der Waals surface area (Å²) in [6.45, 7) is 5.33. The lowest BCUT2D eigenvalue weighted by Gasteiger charge is -2.48. The second-order valence-corrected chi connectivity index (χ2v) is 10.7. The van der Waals surface area contributed by atoms with Crippen molar-refractivity contribution in [3.8, 4) is 0 Å². The Bertz CT molecular complexity index is 964. The van der Waals surface area contributed by atoms with E-state index in [1.165, 1.54) is 11.8 Å². The van der Waals surface area contributed by atoms with Crippen LogP contribution in [0.3, 0.4) is 0 Å².